The van der Waals surface area contributed by atoms with Crippen LogP contribution in [0.15, 0.2) is 63.7 Å². The van der Waals surface area contributed by atoms with Crippen molar-refractivity contribution in [3.05, 3.63) is 92.4 Å². The van der Waals surface area contributed by atoms with Crippen LogP contribution < -0.4 is 10.6 Å². The zero-order valence-corrected chi connectivity index (χ0v) is 19.7. The minimum absolute atomic E-state index is 0.258. The van der Waals surface area contributed by atoms with Gasteiger partial charge in [0, 0.05) is 26.3 Å². The third-order valence-corrected chi connectivity index (χ3v) is 6.14. The van der Waals surface area contributed by atoms with Gasteiger partial charge < -0.3 is 15.1 Å². The lowest BCUT2D eigenvalue weighted by atomic mass is 10.00. The van der Waals surface area contributed by atoms with E-state index in [9.17, 15) is 4.79 Å². The third kappa shape index (κ3) is 5.03. The highest BCUT2D eigenvalue weighted by molar-refractivity contribution is 9.10. The second-order valence-electron chi connectivity index (χ2n) is 7.18. The Balaban J connectivity index is 1.74. The average molecular weight is 497 g/mol. The smallest absolute Gasteiger partial charge is 0.291 e. The first-order chi connectivity index (χ1) is 14.9. The molecule has 4 rings (SSSR count). The molecule has 1 aromatic carbocycles. The largest absolute Gasteiger partial charge is 0.459 e. The number of hydrogen-bond donors (Lipinski definition) is 2. The molecule has 3 heterocycles. The van der Waals surface area contributed by atoms with Crippen LogP contribution in [0.5, 0.6) is 0 Å². The molecule has 0 bridgehead atoms. The summed E-state index contributed by atoms with van der Waals surface area (Å²) in [4.78, 5) is 22.8. The summed E-state index contributed by atoms with van der Waals surface area (Å²) in [5, 5.41) is 7.22. The number of benzene rings is 1. The number of aryl methyl sites for hydroxylation is 3. The van der Waals surface area contributed by atoms with Crippen LogP contribution in [0.25, 0.3) is 0 Å². The van der Waals surface area contributed by atoms with E-state index in [0.29, 0.717) is 5.95 Å². The van der Waals surface area contributed by atoms with Crippen LogP contribution in [0.2, 0.25) is 0 Å². The normalized spacial score (nSPS) is 11.9. The average Bonchev–Trinajstić information content (AvgIpc) is 3.36. The molecule has 31 heavy (non-hydrogen) atoms. The Morgan fingerprint density at radius 3 is 2.42 bits per heavy atom. The lowest BCUT2D eigenvalue weighted by Gasteiger charge is -2.21. The molecule has 0 aliphatic rings. The monoisotopic (exact) mass is 496 g/mol. The number of thiophene rings is 1. The highest BCUT2D eigenvalue weighted by atomic mass is 79.9. The second kappa shape index (κ2) is 9.03. The predicted octanol–water partition coefficient (Wildman–Crippen LogP) is 6.27. The molecule has 3 aromatic heterocycles. The molecule has 0 unspecified atom stereocenters. The minimum Gasteiger partial charge on any atom is -0.459 e. The molecular formula is C23H21BrN4O2S. The predicted molar refractivity (Wildman–Crippen MR) is 127 cm³/mol. The number of carbonyl (C=O) groups excluding carboxylic acids is 1. The Hall–Kier alpha value is -2.97. The number of nitrogens with zero attached hydrogens (tertiary/aromatic N) is 2. The summed E-state index contributed by atoms with van der Waals surface area (Å²) < 4.78 is 6.24. The van der Waals surface area contributed by atoms with Crippen LogP contribution in [-0.2, 0) is 0 Å². The number of halogens is 1. The SMILES string of the molecule is Cc1cc(C)nc(N[C@H](c2ccc(Br)cc2)c2cc(C)sc2NC(=O)c2ccco2)n1. The van der Waals surface area contributed by atoms with Crippen LogP contribution in [0.3, 0.4) is 0 Å². The van der Waals surface area contributed by atoms with Gasteiger partial charge in [0.15, 0.2) is 5.76 Å². The van der Waals surface area contributed by atoms with Gasteiger partial charge in [-0.05, 0) is 62.7 Å². The molecular weight excluding hydrogens is 476 g/mol. The van der Waals surface area contributed by atoms with Crippen molar-refractivity contribution in [3.63, 3.8) is 0 Å². The molecule has 1 atom stereocenters. The molecule has 0 radical (unpaired) electrons. The van der Waals surface area contributed by atoms with Crippen LogP contribution in [-0.4, -0.2) is 15.9 Å². The van der Waals surface area contributed by atoms with E-state index in [0.717, 1.165) is 36.9 Å². The summed E-state index contributed by atoms with van der Waals surface area (Å²) in [6, 6.07) is 15.1. The van der Waals surface area contributed by atoms with Gasteiger partial charge in [-0.2, -0.15) is 0 Å². The molecule has 158 valence electrons. The van der Waals surface area contributed by atoms with E-state index in [1.807, 2.05) is 51.1 Å². The molecule has 0 spiro atoms. The van der Waals surface area contributed by atoms with Crippen molar-refractivity contribution in [2.75, 3.05) is 10.6 Å². The Labute approximate surface area is 192 Å². The first kappa shape index (κ1) is 21.3. The maximum Gasteiger partial charge on any atom is 0.291 e. The van der Waals surface area contributed by atoms with E-state index in [1.54, 1.807) is 12.1 Å². The summed E-state index contributed by atoms with van der Waals surface area (Å²) in [7, 11) is 0. The van der Waals surface area contributed by atoms with E-state index in [2.05, 4.69) is 42.6 Å². The number of aromatic nitrogens is 2. The van der Waals surface area contributed by atoms with Gasteiger partial charge in [-0.3, -0.25) is 4.79 Å². The van der Waals surface area contributed by atoms with Gasteiger partial charge >= 0.3 is 0 Å². The number of hydrogen-bond acceptors (Lipinski definition) is 6. The fourth-order valence-corrected chi connectivity index (χ4v) is 4.54. The van der Waals surface area contributed by atoms with E-state index in [1.165, 1.54) is 17.6 Å². The zero-order chi connectivity index (χ0) is 22.0. The second-order valence-corrected chi connectivity index (χ2v) is 9.35. The van der Waals surface area contributed by atoms with Crippen molar-refractivity contribution < 1.29 is 9.21 Å². The van der Waals surface area contributed by atoms with Crippen LogP contribution in [0.1, 0.15) is 44.0 Å². The molecule has 1 amide bonds. The molecule has 0 saturated heterocycles. The molecule has 0 aliphatic carbocycles. The van der Waals surface area contributed by atoms with Crippen molar-refractivity contribution in [1.82, 2.24) is 9.97 Å². The maximum atomic E-state index is 12.6. The topological polar surface area (TPSA) is 80.0 Å². The van der Waals surface area contributed by atoms with Crippen LogP contribution in [0, 0.1) is 20.8 Å². The molecule has 4 aromatic rings. The third-order valence-electron chi connectivity index (χ3n) is 4.63. The lowest BCUT2D eigenvalue weighted by Crippen LogP contribution is -2.17. The maximum absolute atomic E-state index is 12.6. The lowest BCUT2D eigenvalue weighted by molar-refractivity contribution is 0.0997. The first-order valence-electron chi connectivity index (χ1n) is 9.68. The van der Waals surface area contributed by atoms with Gasteiger partial charge in [0.25, 0.3) is 5.91 Å². The van der Waals surface area contributed by atoms with E-state index < -0.39 is 0 Å². The molecule has 6 nitrogen and oxygen atoms in total. The van der Waals surface area contributed by atoms with Crippen molar-refractivity contribution >= 4 is 44.1 Å². The summed E-state index contributed by atoms with van der Waals surface area (Å²) >= 11 is 5.02. The molecule has 2 N–H and O–H groups in total. The van der Waals surface area contributed by atoms with E-state index >= 15 is 0 Å². The Morgan fingerprint density at radius 1 is 1.06 bits per heavy atom. The van der Waals surface area contributed by atoms with Gasteiger partial charge in [0.05, 0.1) is 12.3 Å². The summed E-state index contributed by atoms with van der Waals surface area (Å²) in [6.45, 7) is 5.90. The fraction of sp³-hybridized carbons (Fsp3) is 0.174. The Kier molecular flexibility index (Phi) is 6.20. The molecule has 8 heteroatoms. The summed E-state index contributed by atoms with van der Waals surface area (Å²) in [5.74, 6) is 0.519. The van der Waals surface area contributed by atoms with Gasteiger partial charge in [-0.15, -0.1) is 11.3 Å². The zero-order valence-electron chi connectivity index (χ0n) is 17.3. The van der Waals surface area contributed by atoms with Crippen molar-refractivity contribution in [2.24, 2.45) is 0 Å². The number of furan rings is 1. The standard InChI is InChI=1S/C23H21BrN4O2S/c1-13-11-14(2)26-23(25-13)27-20(16-6-8-17(24)9-7-16)18-12-15(3)31-22(18)28-21(29)19-5-4-10-30-19/h4-12,20H,1-3H3,(H,28,29)(H,25,26,27)/t20-/m1/s1. The van der Waals surface area contributed by atoms with Gasteiger partial charge in [0.1, 0.15) is 5.00 Å². The van der Waals surface area contributed by atoms with Crippen molar-refractivity contribution in [3.8, 4) is 0 Å². The van der Waals surface area contributed by atoms with Gasteiger partial charge in [-0.1, -0.05) is 28.1 Å². The van der Waals surface area contributed by atoms with Crippen LogP contribution in [0.4, 0.5) is 10.9 Å². The van der Waals surface area contributed by atoms with E-state index in [4.69, 9.17) is 4.42 Å². The highest BCUT2D eigenvalue weighted by Gasteiger charge is 2.23. The van der Waals surface area contributed by atoms with Gasteiger partial charge in [0.2, 0.25) is 5.95 Å². The van der Waals surface area contributed by atoms with E-state index in [-0.39, 0.29) is 17.7 Å². The summed E-state index contributed by atoms with van der Waals surface area (Å²) in [5.41, 5.74) is 3.74. The molecule has 0 aliphatic heterocycles. The number of carbonyl (C=O) groups is 1. The highest BCUT2D eigenvalue weighted by Crippen LogP contribution is 2.37. The minimum atomic E-state index is -0.287. The Morgan fingerprint density at radius 2 is 1.77 bits per heavy atom. The number of rotatable bonds is 6. The van der Waals surface area contributed by atoms with Crippen molar-refractivity contribution in [1.29, 1.82) is 0 Å². The summed E-state index contributed by atoms with van der Waals surface area (Å²) in [6.07, 6.45) is 1.49. The quantitative estimate of drug-likeness (QED) is 0.328. The first-order valence-corrected chi connectivity index (χ1v) is 11.3. The van der Waals surface area contributed by atoms with Crippen molar-refractivity contribution in [2.45, 2.75) is 26.8 Å². The number of anilines is 2. The van der Waals surface area contributed by atoms with Crippen LogP contribution >= 0.6 is 27.3 Å². The molecule has 0 fully saturated rings. The number of nitrogens with one attached hydrogen (secondary N) is 2. The number of amides is 1. The van der Waals surface area contributed by atoms with Gasteiger partial charge in [-0.25, -0.2) is 9.97 Å². The Bertz CT molecular complexity index is 1180. The molecule has 0 saturated carbocycles. The fourth-order valence-electron chi connectivity index (χ4n) is 3.33.